The maximum absolute atomic E-state index is 5.51. The molecule has 3 nitrogen and oxygen atoms in total. The van der Waals surface area contributed by atoms with Gasteiger partial charge in [-0.25, -0.2) is 0 Å². The van der Waals surface area contributed by atoms with E-state index in [1.165, 1.54) is 43.4 Å². The van der Waals surface area contributed by atoms with Crippen molar-refractivity contribution >= 4 is 0 Å². The molecule has 3 rings (SSSR count). The van der Waals surface area contributed by atoms with Crippen molar-refractivity contribution in [3.05, 3.63) is 23.3 Å². The Kier molecular flexibility index (Phi) is 3.17. The second-order valence-electron chi connectivity index (χ2n) is 6.01. The van der Waals surface area contributed by atoms with Crippen molar-refractivity contribution in [2.24, 2.45) is 0 Å². The van der Waals surface area contributed by atoms with Gasteiger partial charge in [0.15, 0.2) is 11.5 Å². The molecule has 2 aliphatic rings. The van der Waals surface area contributed by atoms with Crippen molar-refractivity contribution in [1.82, 2.24) is 0 Å². The van der Waals surface area contributed by atoms with Gasteiger partial charge in [0.05, 0.1) is 20.8 Å². The van der Waals surface area contributed by atoms with Gasteiger partial charge in [-0.3, -0.25) is 0 Å². The molecule has 3 heteroatoms. The lowest BCUT2D eigenvalue weighted by Crippen LogP contribution is -2.89. The van der Waals surface area contributed by atoms with Crippen molar-refractivity contribution in [3.63, 3.8) is 0 Å². The largest absolute Gasteiger partial charge is 0.493 e. The molecule has 2 N–H and O–H groups in total. The molecule has 1 spiro atoms. The van der Waals surface area contributed by atoms with Gasteiger partial charge in [0.2, 0.25) is 0 Å². The van der Waals surface area contributed by atoms with Gasteiger partial charge in [0.1, 0.15) is 6.04 Å². The maximum Gasteiger partial charge on any atom is 0.161 e. The fourth-order valence-electron chi connectivity index (χ4n) is 3.90. The Morgan fingerprint density at radius 3 is 2.37 bits per heavy atom. The van der Waals surface area contributed by atoms with Gasteiger partial charge >= 0.3 is 0 Å². The minimum atomic E-state index is 0.376. The van der Waals surface area contributed by atoms with Crippen LogP contribution in [0.1, 0.15) is 49.8 Å². The van der Waals surface area contributed by atoms with Crippen LogP contribution in [0, 0.1) is 0 Å². The Morgan fingerprint density at radius 1 is 1.11 bits per heavy atom. The Labute approximate surface area is 115 Å². The van der Waals surface area contributed by atoms with Gasteiger partial charge in [0.25, 0.3) is 0 Å². The summed E-state index contributed by atoms with van der Waals surface area (Å²) in [5.74, 6) is 1.73. The van der Waals surface area contributed by atoms with Gasteiger partial charge < -0.3 is 14.8 Å². The number of hydrogen-bond acceptors (Lipinski definition) is 2. The van der Waals surface area contributed by atoms with Crippen LogP contribution in [0.5, 0.6) is 11.5 Å². The van der Waals surface area contributed by atoms with Crippen LogP contribution in [0.3, 0.4) is 0 Å². The van der Waals surface area contributed by atoms with Crippen LogP contribution in [0.4, 0.5) is 0 Å². The normalized spacial score (nSPS) is 24.3. The van der Waals surface area contributed by atoms with Crippen molar-refractivity contribution < 1.29 is 14.8 Å². The van der Waals surface area contributed by atoms with Crippen molar-refractivity contribution in [1.29, 1.82) is 0 Å². The number of rotatable bonds is 2. The molecule has 1 aromatic carbocycles. The first-order chi connectivity index (χ1) is 9.20. The zero-order chi connectivity index (χ0) is 13.5. The lowest BCUT2D eigenvalue weighted by atomic mass is 9.72. The van der Waals surface area contributed by atoms with E-state index in [0.29, 0.717) is 11.5 Å². The third-order valence-electron chi connectivity index (χ3n) is 5.04. The van der Waals surface area contributed by atoms with Crippen LogP contribution < -0.4 is 14.8 Å². The number of nitrogens with two attached hydrogens (primary N) is 1. The fourth-order valence-corrected chi connectivity index (χ4v) is 3.90. The molecule has 1 atom stereocenters. The minimum absolute atomic E-state index is 0.376. The monoisotopic (exact) mass is 262 g/mol. The summed E-state index contributed by atoms with van der Waals surface area (Å²) in [6, 6.07) is 4.94. The second kappa shape index (κ2) is 4.71. The average molecular weight is 262 g/mol. The molecule has 0 unspecified atom stereocenters. The topological polar surface area (TPSA) is 35.1 Å². The molecule has 0 aromatic heterocycles. The summed E-state index contributed by atoms with van der Waals surface area (Å²) in [5, 5.41) is 2.49. The molecule has 0 amide bonds. The Morgan fingerprint density at radius 2 is 1.74 bits per heavy atom. The van der Waals surface area contributed by atoms with E-state index in [1.807, 2.05) is 0 Å². The zero-order valence-electron chi connectivity index (χ0n) is 12.2. The highest BCUT2D eigenvalue weighted by Crippen LogP contribution is 2.47. The van der Waals surface area contributed by atoms with Crippen molar-refractivity contribution in [3.8, 4) is 11.5 Å². The van der Waals surface area contributed by atoms with Gasteiger partial charge in [-0.1, -0.05) is 12.8 Å². The van der Waals surface area contributed by atoms with Crippen LogP contribution in [0.2, 0.25) is 0 Å². The lowest BCUT2D eigenvalue weighted by Gasteiger charge is -2.37. The summed E-state index contributed by atoms with van der Waals surface area (Å²) in [5.41, 5.74) is 3.32. The van der Waals surface area contributed by atoms with E-state index in [1.54, 1.807) is 14.2 Å². The van der Waals surface area contributed by atoms with E-state index in [4.69, 9.17) is 9.47 Å². The first-order valence-corrected chi connectivity index (χ1v) is 7.30. The van der Waals surface area contributed by atoms with Crippen LogP contribution >= 0.6 is 0 Å². The summed E-state index contributed by atoms with van der Waals surface area (Å²) in [6.45, 7) is 3.50. The highest BCUT2D eigenvalue weighted by molar-refractivity contribution is 5.51. The summed E-state index contributed by atoms with van der Waals surface area (Å²) >= 11 is 0. The smallest absolute Gasteiger partial charge is 0.161 e. The number of methoxy groups -OCH3 is 2. The minimum Gasteiger partial charge on any atom is -0.493 e. The molecule has 1 aliphatic carbocycles. The molecule has 104 valence electrons. The summed E-state index contributed by atoms with van der Waals surface area (Å²) in [6.07, 6.45) is 5.35. The molecule has 1 aromatic rings. The van der Waals surface area contributed by atoms with Crippen LogP contribution in [-0.2, 0) is 5.41 Å². The lowest BCUT2D eigenvalue weighted by molar-refractivity contribution is -0.703. The molecule has 1 heterocycles. The van der Waals surface area contributed by atoms with Gasteiger partial charge in [-0.05, 0) is 37.5 Å². The molecule has 0 bridgehead atoms. The van der Waals surface area contributed by atoms with Gasteiger partial charge in [0, 0.05) is 11.0 Å². The van der Waals surface area contributed by atoms with E-state index in [2.05, 4.69) is 24.4 Å². The second-order valence-corrected chi connectivity index (χ2v) is 6.01. The fraction of sp³-hybridized carbons (Fsp3) is 0.625. The molecular weight excluding hydrogens is 238 g/mol. The highest BCUT2D eigenvalue weighted by atomic mass is 16.5. The molecule has 0 saturated heterocycles. The standard InChI is InChI=1S/C16H23NO2/c1-11-12-8-14(18-2)15(19-3)9-13(12)16(10-17-11)6-4-5-7-16/h8-9,11,17H,4-7,10H2,1-3H3/p+1/t11-/m1/s1. The SMILES string of the molecule is COc1cc2c(cc1OC)C1(CCCC1)C[NH2+][C@@H]2C. The third-order valence-corrected chi connectivity index (χ3v) is 5.04. The van der Waals surface area contributed by atoms with Crippen LogP contribution in [-0.4, -0.2) is 20.8 Å². The zero-order valence-corrected chi connectivity index (χ0v) is 12.2. The predicted molar refractivity (Wildman–Crippen MR) is 74.9 cm³/mol. The van der Waals surface area contributed by atoms with Crippen molar-refractivity contribution in [2.45, 2.75) is 44.1 Å². The highest BCUT2D eigenvalue weighted by Gasteiger charge is 2.44. The summed E-state index contributed by atoms with van der Waals surface area (Å²) in [4.78, 5) is 0. The molecular formula is C16H24NO2+. The number of hydrogen-bond donors (Lipinski definition) is 1. The van der Waals surface area contributed by atoms with Crippen LogP contribution in [0.15, 0.2) is 12.1 Å². The van der Waals surface area contributed by atoms with E-state index >= 15 is 0 Å². The van der Waals surface area contributed by atoms with E-state index in [9.17, 15) is 0 Å². The van der Waals surface area contributed by atoms with E-state index in [0.717, 1.165) is 11.5 Å². The third kappa shape index (κ3) is 1.91. The molecule has 1 fully saturated rings. The quantitative estimate of drug-likeness (QED) is 0.886. The van der Waals surface area contributed by atoms with Crippen LogP contribution in [0.25, 0.3) is 0 Å². The Bertz CT molecular complexity index is 478. The molecule has 0 radical (unpaired) electrons. The van der Waals surface area contributed by atoms with Crippen molar-refractivity contribution in [2.75, 3.05) is 20.8 Å². The number of fused-ring (bicyclic) bond motifs is 2. The summed E-state index contributed by atoms with van der Waals surface area (Å²) in [7, 11) is 3.44. The average Bonchev–Trinajstić information content (AvgIpc) is 2.91. The maximum atomic E-state index is 5.51. The summed E-state index contributed by atoms with van der Waals surface area (Å²) < 4.78 is 11.0. The number of ether oxygens (including phenoxy) is 2. The first kappa shape index (κ1) is 12.8. The predicted octanol–water partition coefficient (Wildman–Crippen LogP) is 2.15. The van der Waals surface area contributed by atoms with E-state index < -0.39 is 0 Å². The molecule has 1 saturated carbocycles. The molecule has 19 heavy (non-hydrogen) atoms. The number of benzene rings is 1. The first-order valence-electron chi connectivity index (χ1n) is 7.30. The number of quaternary nitrogens is 1. The molecule has 1 aliphatic heterocycles. The Balaban J connectivity index is 2.15. The van der Waals surface area contributed by atoms with Gasteiger partial charge in [-0.15, -0.1) is 0 Å². The van der Waals surface area contributed by atoms with Gasteiger partial charge in [-0.2, -0.15) is 0 Å². The Hall–Kier alpha value is -1.22. The van der Waals surface area contributed by atoms with E-state index in [-0.39, 0.29) is 0 Å².